The lowest BCUT2D eigenvalue weighted by molar-refractivity contribution is 0.231. The van der Waals surface area contributed by atoms with Crippen LogP contribution in [0.4, 0.5) is 0 Å². The van der Waals surface area contributed by atoms with Crippen molar-refractivity contribution in [3.8, 4) is 0 Å². The number of hydrogen-bond donors (Lipinski definition) is 4. The van der Waals surface area contributed by atoms with Crippen molar-refractivity contribution in [3.05, 3.63) is 0 Å². The molecule has 0 rings (SSSR count). The molecule has 0 aliphatic rings. The Hall–Kier alpha value is -0.810. The van der Waals surface area contributed by atoms with Crippen LogP contribution in [0, 0.1) is 5.92 Å². The van der Waals surface area contributed by atoms with Crippen molar-refractivity contribution >= 4 is 5.84 Å². The molecular formula is C8H19N3O2. The number of hydrogen-bond acceptors (Lipinski definition) is 4. The second-order valence-electron chi connectivity index (χ2n) is 3.39. The van der Waals surface area contributed by atoms with E-state index in [9.17, 15) is 0 Å². The van der Waals surface area contributed by atoms with E-state index in [1.165, 1.54) is 0 Å². The van der Waals surface area contributed by atoms with Gasteiger partial charge in [0.05, 0.1) is 0 Å². The van der Waals surface area contributed by atoms with Crippen LogP contribution in [0.15, 0.2) is 5.16 Å². The van der Waals surface area contributed by atoms with Crippen molar-refractivity contribution in [1.29, 1.82) is 0 Å². The lowest BCUT2D eigenvalue weighted by Gasteiger charge is -2.15. The first-order chi connectivity index (χ1) is 6.10. The van der Waals surface area contributed by atoms with Gasteiger partial charge in [0.25, 0.3) is 0 Å². The predicted octanol–water partition coefficient (Wildman–Crippen LogP) is -0.271. The second kappa shape index (κ2) is 6.68. The fraction of sp³-hybridized carbons (Fsp3) is 0.875. The topological polar surface area (TPSA) is 90.9 Å². The molecular weight excluding hydrogens is 170 g/mol. The first-order valence-electron chi connectivity index (χ1n) is 4.40. The van der Waals surface area contributed by atoms with Crippen molar-refractivity contribution in [2.75, 3.05) is 13.2 Å². The van der Waals surface area contributed by atoms with Crippen LogP contribution in [0.1, 0.15) is 20.3 Å². The van der Waals surface area contributed by atoms with E-state index in [1.807, 2.05) is 13.8 Å². The van der Waals surface area contributed by atoms with Crippen LogP contribution < -0.4 is 11.1 Å². The minimum absolute atomic E-state index is 0.157. The first kappa shape index (κ1) is 12.2. The van der Waals surface area contributed by atoms with Gasteiger partial charge in [0, 0.05) is 25.6 Å². The Bertz CT molecular complexity index is 161. The van der Waals surface area contributed by atoms with E-state index in [1.54, 1.807) is 0 Å². The number of nitrogens with one attached hydrogen (secondary N) is 1. The van der Waals surface area contributed by atoms with Crippen LogP contribution in [-0.4, -0.2) is 35.3 Å². The van der Waals surface area contributed by atoms with Gasteiger partial charge in [-0.15, -0.1) is 0 Å². The van der Waals surface area contributed by atoms with Crippen molar-refractivity contribution in [2.24, 2.45) is 16.8 Å². The summed E-state index contributed by atoms with van der Waals surface area (Å²) in [5.41, 5.74) is 5.32. The fourth-order valence-corrected chi connectivity index (χ4v) is 0.894. The molecule has 2 atom stereocenters. The van der Waals surface area contributed by atoms with Gasteiger partial charge in [0.1, 0.15) is 5.84 Å². The highest BCUT2D eigenvalue weighted by molar-refractivity contribution is 5.80. The molecule has 0 heterocycles. The van der Waals surface area contributed by atoms with Gasteiger partial charge in [-0.3, -0.25) is 0 Å². The molecule has 0 aromatic rings. The van der Waals surface area contributed by atoms with E-state index in [2.05, 4.69) is 10.5 Å². The highest BCUT2D eigenvalue weighted by atomic mass is 16.4. The molecule has 0 fully saturated rings. The number of rotatable bonds is 6. The van der Waals surface area contributed by atoms with Crippen LogP contribution in [-0.2, 0) is 0 Å². The molecule has 0 bridgehead atoms. The van der Waals surface area contributed by atoms with Crippen LogP contribution in [0.2, 0.25) is 0 Å². The van der Waals surface area contributed by atoms with Gasteiger partial charge in [-0.25, -0.2) is 0 Å². The largest absolute Gasteiger partial charge is 0.409 e. The second-order valence-corrected chi connectivity index (χ2v) is 3.39. The normalized spacial score (nSPS) is 17.0. The molecule has 2 unspecified atom stereocenters. The van der Waals surface area contributed by atoms with Gasteiger partial charge in [0.2, 0.25) is 0 Å². The number of nitrogens with two attached hydrogens (primary N) is 1. The zero-order valence-electron chi connectivity index (χ0n) is 8.20. The standard InChI is InChI=1S/C8H19N3O2/c1-6(5-12)4-10-7(2)3-8(9)11-13/h6-7,10,12-13H,3-5H2,1-2H3,(H2,9,11). The average Bonchev–Trinajstić information content (AvgIpc) is 2.13. The summed E-state index contributed by atoms with van der Waals surface area (Å²) in [5.74, 6) is 0.450. The Kier molecular flexibility index (Phi) is 6.26. The van der Waals surface area contributed by atoms with E-state index in [-0.39, 0.29) is 24.4 Å². The minimum Gasteiger partial charge on any atom is -0.409 e. The molecule has 0 amide bonds. The first-order valence-corrected chi connectivity index (χ1v) is 4.40. The van der Waals surface area contributed by atoms with Crippen LogP contribution in [0.3, 0.4) is 0 Å². The Morgan fingerprint density at radius 1 is 1.54 bits per heavy atom. The maximum absolute atomic E-state index is 8.75. The number of aliphatic hydroxyl groups is 1. The van der Waals surface area contributed by atoms with Crippen LogP contribution in [0.5, 0.6) is 0 Å². The van der Waals surface area contributed by atoms with Crippen molar-refractivity contribution in [3.63, 3.8) is 0 Å². The summed E-state index contributed by atoms with van der Waals surface area (Å²) in [4.78, 5) is 0. The van der Waals surface area contributed by atoms with E-state index in [0.717, 1.165) is 6.54 Å². The van der Waals surface area contributed by atoms with Gasteiger partial charge >= 0.3 is 0 Å². The van der Waals surface area contributed by atoms with Crippen LogP contribution >= 0.6 is 0 Å². The lowest BCUT2D eigenvalue weighted by atomic mass is 10.1. The maximum Gasteiger partial charge on any atom is 0.140 e. The summed E-state index contributed by atoms with van der Waals surface area (Å²) in [6, 6.07) is 0.157. The highest BCUT2D eigenvalue weighted by Gasteiger charge is 2.06. The molecule has 0 aliphatic carbocycles. The van der Waals surface area contributed by atoms with Crippen LogP contribution in [0.25, 0.3) is 0 Å². The monoisotopic (exact) mass is 189 g/mol. The zero-order chi connectivity index (χ0) is 10.3. The summed E-state index contributed by atoms with van der Waals surface area (Å²) < 4.78 is 0. The molecule has 0 spiro atoms. The molecule has 78 valence electrons. The minimum atomic E-state index is 0.157. The Morgan fingerprint density at radius 3 is 2.62 bits per heavy atom. The Morgan fingerprint density at radius 2 is 2.15 bits per heavy atom. The summed E-state index contributed by atoms with van der Waals surface area (Å²) in [6.07, 6.45) is 0.509. The lowest BCUT2D eigenvalue weighted by Crippen LogP contribution is -2.34. The number of nitrogens with zero attached hydrogens (tertiary/aromatic N) is 1. The number of aliphatic hydroxyl groups excluding tert-OH is 1. The van der Waals surface area contributed by atoms with Gasteiger partial charge < -0.3 is 21.4 Å². The molecule has 0 saturated heterocycles. The van der Waals surface area contributed by atoms with Gasteiger partial charge in [-0.2, -0.15) is 0 Å². The molecule has 0 aromatic heterocycles. The number of amidine groups is 1. The third-order valence-electron chi connectivity index (χ3n) is 1.77. The molecule has 5 N–H and O–H groups in total. The van der Waals surface area contributed by atoms with Gasteiger partial charge in [0.15, 0.2) is 0 Å². The van der Waals surface area contributed by atoms with Crippen molar-refractivity contribution in [2.45, 2.75) is 26.3 Å². The summed E-state index contributed by atoms with van der Waals surface area (Å²) in [5, 5.41) is 23.1. The quantitative estimate of drug-likeness (QED) is 0.200. The van der Waals surface area contributed by atoms with Gasteiger partial charge in [-0.1, -0.05) is 12.1 Å². The number of oxime groups is 1. The molecule has 0 aromatic carbocycles. The summed E-state index contributed by atoms with van der Waals surface area (Å²) >= 11 is 0. The SMILES string of the molecule is CC(CO)CNC(C)CC(N)=NO. The maximum atomic E-state index is 8.75. The Balaban J connectivity index is 3.57. The predicted molar refractivity (Wildman–Crippen MR) is 51.7 cm³/mol. The average molecular weight is 189 g/mol. The highest BCUT2D eigenvalue weighted by Crippen LogP contribution is 1.94. The third kappa shape index (κ3) is 6.36. The van der Waals surface area contributed by atoms with Crippen molar-refractivity contribution < 1.29 is 10.3 Å². The summed E-state index contributed by atoms with van der Waals surface area (Å²) in [6.45, 7) is 4.80. The third-order valence-corrected chi connectivity index (χ3v) is 1.77. The van der Waals surface area contributed by atoms with E-state index in [0.29, 0.717) is 6.42 Å². The van der Waals surface area contributed by atoms with E-state index in [4.69, 9.17) is 16.0 Å². The molecule has 5 heteroatoms. The molecule has 5 nitrogen and oxygen atoms in total. The molecule has 0 aliphatic heterocycles. The van der Waals surface area contributed by atoms with Gasteiger partial charge in [-0.05, 0) is 12.8 Å². The van der Waals surface area contributed by atoms with Crippen molar-refractivity contribution in [1.82, 2.24) is 5.32 Å². The molecule has 13 heavy (non-hydrogen) atoms. The summed E-state index contributed by atoms with van der Waals surface area (Å²) in [7, 11) is 0. The zero-order valence-corrected chi connectivity index (χ0v) is 8.20. The Labute approximate surface area is 78.6 Å². The molecule has 0 radical (unpaired) electrons. The van der Waals surface area contributed by atoms with E-state index < -0.39 is 0 Å². The molecule has 0 saturated carbocycles. The smallest absolute Gasteiger partial charge is 0.140 e. The van der Waals surface area contributed by atoms with E-state index >= 15 is 0 Å². The fourth-order valence-electron chi connectivity index (χ4n) is 0.894.